The summed E-state index contributed by atoms with van der Waals surface area (Å²) in [5.74, 6) is 0.658. The van der Waals surface area contributed by atoms with Crippen LogP contribution < -0.4 is 0 Å². The lowest BCUT2D eigenvalue weighted by Gasteiger charge is -2.11. The zero-order valence-corrected chi connectivity index (χ0v) is 28.5. The molecule has 5 aromatic carbocycles. The number of aromatic nitrogens is 6. The lowest BCUT2D eigenvalue weighted by atomic mass is 9.98. The molecule has 6 heteroatoms. The average Bonchev–Trinajstić information content (AvgIpc) is 3.63. The normalized spacial score (nSPS) is 11.4. The van der Waals surface area contributed by atoms with E-state index in [-0.39, 0.29) is 0 Å². The Morgan fingerprint density at radius 3 is 1.68 bits per heavy atom. The first-order valence-electron chi connectivity index (χ1n) is 17.6. The van der Waals surface area contributed by atoms with Crippen LogP contribution in [0.15, 0.2) is 182 Å². The summed E-state index contributed by atoms with van der Waals surface area (Å²) in [6.45, 7) is 0. The van der Waals surface area contributed by atoms with Crippen LogP contribution in [0.25, 0.3) is 95.1 Å². The molecule has 0 radical (unpaired) electrons. The van der Waals surface area contributed by atoms with Crippen LogP contribution in [0.5, 0.6) is 0 Å². The van der Waals surface area contributed by atoms with Gasteiger partial charge in [-0.05, 0) is 52.6 Å². The minimum absolute atomic E-state index is 0.658. The summed E-state index contributed by atoms with van der Waals surface area (Å²) in [5, 5.41) is 2.18. The minimum atomic E-state index is 0.658. The molecule has 6 nitrogen and oxygen atoms in total. The molecule has 248 valence electrons. The molecule has 53 heavy (non-hydrogen) atoms. The van der Waals surface area contributed by atoms with Crippen LogP contribution in [0.3, 0.4) is 0 Å². The second-order valence-corrected chi connectivity index (χ2v) is 13.0. The Labute approximate surface area is 305 Å². The van der Waals surface area contributed by atoms with Crippen molar-refractivity contribution in [3.05, 3.63) is 182 Å². The number of hydrogen-bond acceptors (Lipinski definition) is 5. The Hall–Kier alpha value is -7.31. The van der Waals surface area contributed by atoms with Gasteiger partial charge in [0.1, 0.15) is 11.2 Å². The van der Waals surface area contributed by atoms with Gasteiger partial charge in [0.15, 0.2) is 11.5 Å². The summed E-state index contributed by atoms with van der Waals surface area (Å²) < 4.78 is 2.06. The van der Waals surface area contributed by atoms with Crippen LogP contribution in [0, 0.1) is 0 Å². The van der Waals surface area contributed by atoms with Gasteiger partial charge in [0.2, 0.25) is 0 Å². The van der Waals surface area contributed by atoms with Crippen molar-refractivity contribution in [3.63, 3.8) is 0 Å². The second-order valence-electron chi connectivity index (χ2n) is 13.0. The monoisotopic (exact) mass is 678 g/mol. The third-order valence-corrected chi connectivity index (χ3v) is 9.74. The van der Waals surface area contributed by atoms with E-state index in [9.17, 15) is 0 Å². The van der Waals surface area contributed by atoms with Crippen molar-refractivity contribution in [1.82, 2.24) is 29.3 Å². The molecule has 0 fully saturated rings. The number of pyridine rings is 3. The molecule has 0 aliphatic heterocycles. The third kappa shape index (κ3) is 5.59. The third-order valence-electron chi connectivity index (χ3n) is 9.74. The molecule has 0 atom stereocenters. The highest BCUT2D eigenvalue weighted by Gasteiger charge is 2.16. The standard InChI is InChI=1S/C47H30N6/c1-2-10-31(11-3-1)32-20-26-37(27-21-32)46-49-41(30-42(50-46)40-14-6-8-28-48-40)35-22-16-33(17-23-35)34-18-24-36(25-19-34)44-38-12-4-5-13-39(38)45-47(52-44)53-29-9-7-15-43(53)51-45/h1-30H. The molecule has 0 amide bonds. The van der Waals surface area contributed by atoms with Crippen LogP contribution in [-0.2, 0) is 0 Å². The van der Waals surface area contributed by atoms with Gasteiger partial charge in [-0.3, -0.25) is 9.38 Å². The van der Waals surface area contributed by atoms with E-state index in [1.165, 1.54) is 5.56 Å². The first-order chi connectivity index (χ1) is 26.2. The van der Waals surface area contributed by atoms with E-state index in [0.717, 1.165) is 83.7 Å². The van der Waals surface area contributed by atoms with Crippen LogP contribution in [0.4, 0.5) is 0 Å². The van der Waals surface area contributed by atoms with Gasteiger partial charge in [-0.15, -0.1) is 0 Å². The zero-order chi connectivity index (χ0) is 35.1. The van der Waals surface area contributed by atoms with Crippen molar-refractivity contribution < 1.29 is 0 Å². The molecule has 5 heterocycles. The van der Waals surface area contributed by atoms with Crippen LogP contribution in [0.2, 0.25) is 0 Å². The molecule has 0 saturated carbocycles. The number of nitrogens with zero attached hydrogens (tertiary/aromatic N) is 6. The molecule has 0 N–H and O–H groups in total. The molecule has 0 spiro atoms. The highest BCUT2D eigenvalue weighted by Crippen LogP contribution is 2.35. The van der Waals surface area contributed by atoms with E-state index in [1.807, 2.05) is 54.7 Å². The smallest absolute Gasteiger partial charge is 0.165 e. The molecule has 0 saturated heterocycles. The van der Waals surface area contributed by atoms with Crippen LogP contribution in [-0.4, -0.2) is 29.3 Å². The summed E-state index contributed by atoms with van der Waals surface area (Å²) >= 11 is 0. The largest absolute Gasteiger partial charge is 0.284 e. The molecule has 10 aromatic rings. The first-order valence-corrected chi connectivity index (χ1v) is 17.6. The Balaban J connectivity index is 0.986. The summed E-state index contributed by atoms with van der Waals surface area (Å²) in [4.78, 5) is 24.7. The van der Waals surface area contributed by atoms with Crippen molar-refractivity contribution in [2.24, 2.45) is 0 Å². The molecular formula is C47H30N6. The predicted molar refractivity (Wildman–Crippen MR) is 214 cm³/mol. The maximum absolute atomic E-state index is 5.17. The van der Waals surface area contributed by atoms with E-state index in [2.05, 4.69) is 131 Å². The quantitative estimate of drug-likeness (QED) is 0.175. The van der Waals surface area contributed by atoms with Gasteiger partial charge in [0, 0.05) is 39.9 Å². The van der Waals surface area contributed by atoms with Crippen molar-refractivity contribution in [2.45, 2.75) is 0 Å². The Kier molecular flexibility index (Phi) is 7.36. The minimum Gasteiger partial charge on any atom is -0.284 e. The molecule has 0 aliphatic carbocycles. The second kappa shape index (κ2) is 12.8. The first kappa shape index (κ1) is 30.5. The Morgan fingerprint density at radius 2 is 0.962 bits per heavy atom. The molecular weight excluding hydrogens is 649 g/mol. The maximum Gasteiger partial charge on any atom is 0.165 e. The van der Waals surface area contributed by atoms with Gasteiger partial charge in [0.05, 0.1) is 22.8 Å². The predicted octanol–water partition coefficient (Wildman–Crippen LogP) is 11.2. The maximum atomic E-state index is 5.17. The Morgan fingerprint density at radius 1 is 0.377 bits per heavy atom. The fourth-order valence-corrected chi connectivity index (χ4v) is 7.02. The number of benzene rings is 5. The van der Waals surface area contributed by atoms with Crippen molar-refractivity contribution >= 4 is 27.6 Å². The fraction of sp³-hybridized carbons (Fsp3) is 0. The van der Waals surface area contributed by atoms with Crippen molar-refractivity contribution in [1.29, 1.82) is 0 Å². The molecule has 0 aliphatic rings. The SMILES string of the molecule is c1ccc(-c2ccc(-c3nc(-c4ccc(-c5ccc(-c6nc7c(nc8ccccn87)c7ccccc67)cc5)cc4)cc(-c4ccccn4)n3)cc2)cc1. The van der Waals surface area contributed by atoms with Crippen molar-refractivity contribution in [3.8, 4) is 67.5 Å². The highest BCUT2D eigenvalue weighted by molar-refractivity contribution is 6.09. The van der Waals surface area contributed by atoms with E-state index in [1.54, 1.807) is 6.20 Å². The molecule has 0 bridgehead atoms. The summed E-state index contributed by atoms with van der Waals surface area (Å²) in [6.07, 6.45) is 3.82. The van der Waals surface area contributed by atoms with Gasteiger partial charge in [-0.2, -0.15) is 0 Å². The number of fused-ring (bicyclic) bond motifs is 5. The van der Waals surface area contributed by atoms with Gasteiger partial charge in [-0.25, -0.2) is 19.9 Å². The van der Waals surface area contributed by atoms with Crippen molar-refractivity contribution in [2.75, 3.05) is 0 Å². The summed E-state index contributed by atoms with van der Waals surface area (Å²) in [7, 11) is 0. The molecule has 10 rings (SSSR count). The lowest BCUT2D eigenvalue weighted by molar-refractivity contribution is 1.16. The molecule has 5 aromatic heterocycles. The van der Waals surface area contributed by atoms with E-state index < -0.39 is 0 Å². The number of rotatable bonds is 6. The molecule has 0 unspecified atom stereocenters. The summed E-state index contributed by atoms with van der Waals surface area (Å²) in [5.41, 5.74) is 13.6. The Bertz CT molecular complexity index is 2900. The van der Waals surface area contributed by atoms with Crippen LogP contribution in [0.1, 0.15) is 0 Å². The summed E-state index contributed by atoms with van der Waals surface area (Å²) in [6, 6.07) is 58.3. The van der Waals surface area contributed by atoms with E-state index >= 15 is 0 Å². The van der Waals surface area contributed by atoms with E-state index in [4.69, 9.17) is 19.9 Å². The average molecular weight is 679 g/mol. The zero-order valence-electron chi connectivity index (χ0n) is 28.5. The highest BCUT2D eigenvalue weighted by atomic mass is 15.1. The van der Waals surface area contributed by atoms with E-state index in [0.29, 0.717) is 5.82 Å². The number of imidazole rings is 1. The number of hydrogen-bond donors (Lipinski definition) is 0. The van der Waals surface area contributed by atoms with Crippen LogP contribution >= 0.6 is 0 Å². The van der Waals surface area contributed by atoms with Gasteiger partial charge in [0.25, 0.3) is 0 Å². The topological polar surface area (TPSA) is 68.9 Å². The lowest BCUT2D eigenvalue weighted by Crippen LogP contribution is -1.97. The fourth-order valence-electron chi connectivity index (χ4n) is 7.02. The van der Waals surface area contributed by atoms with Gasteiger partial charge >= 0.3 is 0 Å². The van der Waals surface area contributed by atoms with Gasteiger partial charge in [-0.1, -0.05) is 140 Å². The van der Waals surface area contributed by atoms with Gasteiger partial charge < -0.3 is 0 Å².